The third-order valence-corrected chi connectivity index (χ3v) is 5.61. The van der Waals surface area contributed by atoms with Gasteiger partial charge in [-0.1, -0.05) is 36.4 Å². The Bertz CT molecular complexity index is 1100. The van der Waals surface area contributed by atoms with Gasteiger partial charge in [-0.25, -0.2) is 21.9 Å². The molecule has 0 heterocycles. The van der Waals surface area contributed by atoms with Crippen LogP contribution >= 0.6 is 0 Å². The predicted octanol–water partition coefficient (Wildman–Crippen LogP) is 3.37. The first-order chi connectivity index (χ1) is 13.8. The lowest BCUT2D eigenvalue weighted by Gasteiger charge is -2.09. The van der Waals surface area contributed by atoms with Gasteiger partial charge in [0, 0.05) is 18.7 Å². The average molecular weight is 416 g/mol. The summed E-state index contributed by atoms with van der Waals surface area (Å²) in [4.78, 5) is 11.6. The molecule has 3 aromatic carbocycles. The Morgan fingerprint density at radius 1 is 0.793 bits per heavy atom. The molecule has 0 saturated heterocycles. The third kappa shape index (κ3) is 5.46. The van der Waals surface area contributed by atoms with E-state index in [0.717, 1.165) is 11.6 Å². The molecule has 150 valence electrons. The standard InChI is InChI=1S/C21H18F2N2O3S/c22-18-11-9-17(10-12-18)21(26)24-13-15-5-7-16(8-6-15)14-25-29(27,28)20-4-2-1-3-19(20)23/h1-12,25H,13-14H2,(H,24,26). The molecule has 3 aromatic rings. The number of halogens is 2. The van der Waals surface area contributed by atoms with Crippen molar-refractivity contribution in [3.05, 3.63) is 101 Å². The molecule has 0 fully saturated rings. The highest BCUT2D eigenvalue weighted by molar-refractivity contribution is 7.89. The molecule has 2 N–H and O–H groups in total. The summed E-state index contributed by atoms with van der Waals surface area (Å²) < 4.78 is 53.4. The molecule has 0 bridgehead atoms. The maximum Gasteiger partial charge on any atom is 0.251 e. The molecule has 0 radical (unpaired) electrons. The zero-order chi connectivity index (χ0) is 20.9. The van der Waals surface area contributed by atoms with Crippen molar-refractivity contribution in [1.82, 2.24) is 10.0 Å². The van der Waals surface area contributed by atoms with Crippen LogP contribution in [0.4, 0.5) is 8.78 Å². The van der Waals surface area contributed by atoms with Gasteiger partial charge in [-0.15, -0.1) is 0 Å². The highest BCUT2D eigenvalue weighted by atomic mass is 32.2. The van der Waals surface area contributed by atoms with Gasteiger partial charge in [-0.05, 0) is 47.5 Å². The van der Waals surface area contributed by atoms with E-state index in [1.54, 1.807) is 24.3 Å². The fraction of sp³-hybridized carbons (Fsp3) is 0.0952. The summed E-state index contributed by atoms with van der Waals surface area (Å²) in [5.74, 6) is -1.55. The molecule has 0 unspecified atom stereocenters. The first-order valence-corrected chi connectivity index (χ1v) is 10.2. The molecule has 0 aromatic heterocycles. The summed E-state index contributed by atoms with van der Waals surface area (Å²) >= 11 is 0. The summed E-state index contributed by atoms with van der Waals surface area (Å²) in [7, 11) is -3.96. The number of nitrogens with one attached hydrogen (secondary N) is 2. The van der Waals surface area contributed by atoms with Crippen LogP contribution in [0.1, 0.15) is 21.5 Å². The lowest BCUT2D eigenvalue weighted by atomic mass is 10.1. The fourth-order valence-corrected chi connectivity index (χ4v) is 3.67. The zero-order valence-corrected chi connectivity index (χ0v) is 16.0. The van der Waals surface area contributed by atoms with Crippen molar-refractivity contribution in [3.63, 3.8) is 0 Å². The molecule has 0 atom stereocenters. The number of amides is 1. The molecule has 0 aliphatic heterocycles. The molecule has 0 spiro atoms. The van der Waals surface area contributed by atoms with Gasteiger partial charge in [0.25, 0.3) is 5.91 Å². The molecule has 0 aliphatic carbocycles. The minimum absolute atomic E-state index is 0.00110. The summed E-state index contributed by atoms with van der Waals surface area (Å²) in [6, 6.07) is 17.3. The van der Waals surface area contributed by atoms with E-state index in [1.165, 1.54) is 42.5 Å². The third-order valence-electron chi connectivity index (χ3n) is 4.17. The number of carbonyl (C=O) groups excluding carboxylic acids is 1. The molecule has 0 aliphatic rings. The van der Waals surface area contributed by atoms with Crippen molar-refractivity contribution in [2.75, 3.05) is 0 Å². The van der Waals surface area contributed by atoms with Crippen LogP contribution in [-0.4, -0.2) is 14.3 Å². The Morgan fingerprint density at radius 3 is 2.00 bits per heavy atom. The Labute approximate surface area is 167 Å². The number of benzene rings is 3. The summed E-state index contributed by atoms with van der Waals surface area (Å²) in [6.45, 7) is 0.260. The topological polar surface area (TPSA) is 75.3 Å². The van der Waals surface area contributed by atoms with Crippen molar-refractivity contribution in [2.45, 2.75) is 18.0 Å². The first-order valence-electron chi connectivity index (χ1n) is 8.71. The van der Waals surface area contributed by atoms with Crippen LogP contribution in [0.15, 0.2) is 77.7 Å². The van der Waals surface area contributed by atoms with Crippen LogP contribution in [0.5, 0.6) is 0 Å². The van der Waals surface area contributed by atoms with Gasteiger partial charge in [-0.2, -0.15) is 0 Å². The minimum atomic E-state index is -3.96. The maximum absolute atomic E-state index is 13.7. The van der Waals surface area contributed by atoms with Crippen molar-refractivity contribution in [2.24, 2.45) is 0 Å². The van der Waals surface area contributed by atoms with Crippen LogP contribution in [0, 0.1) is 11.6 Å². The van der Waals surface area contributed by atoms with Gasteiger partial charge in [0.2, 0.25) is 10.0 Å². The number of sulfonamides is 1. The Morgan fingerprint density at radius 2 is 1.38 bits per heavy atom. The second kappa shape index (κ2) is 8.93. The van der Waals surface area contributed by atoms with Gasteiger partial charge in [0.05, 0.1) is 0 Å². The SMILES string of the molecule is O=C(NCc1ccc(CNS(=O)(=O)c2ccccc2F)cc1)c1ccc(F)cc1. The second-order valence-corrected chi connectivity index (χ2v) is 8.00. The van der Waals surface area contributed by atoms with Crippen molar-refractivity contribution in [1.29, 1.82) is 0 Å². The van der Waals surface area contributed by atoms with E-state index in [-0.39, 0.29) is 19.0 Å². The quantitative estimate of drug-likeness (QED) is 0.620. The van der Waals surface area contributed by atoms with E-state index >= 15 is 0 Å². The van der Waals surface area contributed by atoms with Crippen LogP contribution in [0.25, 0.3) is 0 Å². The average Bonchev–Trinajstić information content (AvgIpc) is 2.72. The monoisotopic (exact) mass is 416 g/mol. The van der Waals surface area contributed by atoms with Gasteiger partial charge in [0.15, 0.2) is 0 Å². The van der Waals surface area contributed by atoms with Crippen LogP contribution < -0.4 is 10.0 Å². The van der Waals surface area contributed by atoms with Crippen LogP contribution in [0.3, 0.4) is 0 Å². The molecule has 0 saturated carbocycles. The minimum Gasteiger partial charge on any atom is -0.348 e. The Balaban J connectivity index is 1.55. The van der Waals surface area contributed by atoms with Crippen molar-refractivity contribution in [3.8, 4) is 0 Å². The van der Waals surface area contributed by atoms with Crippen LogP contribution in [0.2, 0.25) is 0 Å². The van der Waals surface area contributed by atoms with Gasteiger partial charge in [0.1, 0.15) is 16.5 Å². The van der Waals surface area contributed by atoms with Crippen molar-refractivity contribution < 1.29 is 22.0 Å². The number of carbonyl (C=O) groups is 1. The lowest BCUT2D eigenvalue weighted by molar-refractivity contribution is 0.0951. The normalized spacial score (nSPS) is 11.2. The van der Waals surface area contributed by atoms with Gasteiger partial charge >= 0.3 is 0 Å². The van der Waals surface area contributed by atoms with Crippen molar-refractivity contribution >= 4 is 15.9 Å². The zero-order valence-electron chi connectivity index (χ0n) is 15.2. The Kier molecular flexibility index (Phi) is 6.36. The fourth-order valence-electron chi connectivity index (χ4n) is 2.58. The molecule has 3 rings (SSSR count). The highest BCUT2D eigenvalue weighted by Crippen LogP contribution is 2.14. The molecule has 8 heteroatoms. The predicted molar refractivity (Wildman–Crippen MR) is 104 cm³/mol. The molecule has 29 heavy (non-hydrogen) atoms. The van der Waals surface area contributed by atoms with Gasteiger partial charge in [-0.3, -0.25) is 4.79 Å². The molecule has 1 amide bonds. The summed E-state index contributed by atoms with van der Waals surface area (Å²) in [5.41, 5.74) is 1.84. The number of hydrogen-bond acceptors (Lipinski definition) is 3. The molecule has 5 nitrogen and oxygen atoms in total. The maximum atomic E-state index is 13.7. The number of rotatable bonds is 7. The summed E-state index contributed by atoms with van der Waals surface area (Å²) in [5, 5.41) is 2.72. The summed E-state index contributed by atoms with van der Waals surface area (Å²) in [6.07, 6.45) is 0. The Hall–Kier alpha value is -3.10. The van der Waals surface area contributed by atoms with E-state index in [1.807, 2.05) is 0 Å². The lowest BCUT2D eigenvalue weighted by Crippen LogP contribution is -2.24. The van der Waals surface area contributed by atoms with E-state index < -0.39 is 26.6 Å². The smallest absolute Gasteiger partial charge is 0.251 e. The van der Waals surface area contributed by atoms with E-state index in [9.17, 15) is 22.0 Å². The molecular weight excluding hydrogens is 398 g/mol. The van der Waals surface area contributed by atoms with Crippen LogP contribution in [-0.2, 0) is 23.1 Å². The van der Waals surface area contributed by atoms with E-state index in [4.69, 9.17) is 0 Å². The molecular formula is C21H18F2N2O3S. The van der Waals surface area contributed by atoms with E-state index in [0.29, 0.717) is 11.1 Å². The highest BCUT2D eigenvalue weighted by Gasteiger charge is 2.17. The largest absolute Gasteiger partial charge is 0.348 e. The first kappa shape index (κ1) is 20.6. The number of hydrogen-bond donors (Lipinski definition) is 2. The second-order valence-electron chi connectivity index (χ2n) is 6.26. The van der Waals surface area contributed by atoms with Gasteiger partial charge < -0.3 is 5.32 Å². The van der Waals surface area contributed by atoms with E-state index in [2.05, 4.69) is 10.0 Å².